The number of rotatable bonds is 7. The number of likely N-dealkylation sites (N-methyl/N-ethyl adjacent to an activating group) is 1. The molecular weight excluding hydrogens is 284 g/mol. The van der Waals surface area contributed by atoms with Crippen molar-refractivity contribution >= 4 is 17.2 Å². The van der Waals surface area contributed by atoms with Gasteiger partial charge in [0.05, 0.1) is 10.7 Å². The van der Waals surface area contributed by atoms with Crippen molar-refractivity contribution in [1.82, 2.24) is 20.2 Å². The number of hydrogen-bond acceptors (Lipinski definition) is 5. The van der Waals surface area contributed by atoms with Gasteiger partial charge in [-0.3, -0.25) is 9.78 Å². The van der Waals surface area contributed by atoms with Crippen molar-refractivity contribution < 1.29 is 4.79 Å². The van der Waals surface area contributed by atoms with Crippen LogP contribution >= 0.6 is 11.3 Å². The first-order valence-corrected chi connectivity index (χ1v) is 7.79. The highest BCUT2D eigenvalue weighted by atomic mass is 32.1. The first kappa shape index (κ1) is 15.6. The number of pyridine rings is 1. The van der Waals surface area contributed by atoms with Crippen molar-refractivity contribution in [3.05, 3.63) is 34.9 Å². The number of aryl methyl sites for hydroxylation is 1. The molecule has 0 aliphatic heterocycles. The molecule has 1 N–H and O–H groups in total. The molecule has 0 unspecified atom stereocenters. The molecule has 1 amide bonds. The van der Waals surface area contributed by atoms with Crippen LogP contribution in [0.2, 0.25) is 0 Å². The molecule has 0 aliphatic rings. The monoisotopic (exact) mass is 304 g/mol. The van der Waals surface area contributed by atoms with E-state index in [-0.39, 0.29) is 5.91 Å². The molecule has 0 saturated heterocycles. The normalized spacial score (nSPS) is 10.8. The lowest BCUT2D eigenvalue weighted by Gasteiger charge is -2.09. The molecule has 2 rings (SSSR count). The highest BCUT2D eigenvalue weighted by Crippen LogP contribution is 2.21. The summed E-state index contributed by atoms with van der Waals surface area (Å²) in [6, 6.07) is 3.88. The van der Waals surface area contributed by atoms with Crippen molar-refractivity contribution in [2.24, 2.45) is 0 Å². The summed E-state index contributed by atoms with van der Waals surface area (Å²) in [5.74, 6) is 0.0787. The molecule has 0 aliphatic carbocycles. The van der Waals surface area contributed by atoms with E-state index in [1.165, 1.54) is 0 Å². The minimum Gasteiger partial charge on any atom is -0.355 e. The van der Waals surface area contributed by atoms with E-state index in [9.17, 15) is 4.79 Å². The molecular formula is C15H20N4OS. The summed E-state index contributed by atoms with van der Waals surface area (Å²) in [6.45, 7) is 1.54. The number of hydrogen-bond donors (Lipinski definition) is 1. The van der Waals surface area contributed by atoms with Gasteiger partial charge in [0.1, 0.15) is 0 Å². The van der Waals surface area contributed by atoms with Gasteiger partial charge >= 0.3 is 0 Å². The van der Waals surface area contributed by atoms with Crippen LogP contribution < -0.4 is 5.32 Å². The fourth-order valence-electron chi connectivity index (χ4n) is 1.80. The molecule has 0 aromatic carbocycles. The number of thiazole rings is 1. The van der Waals surface area contributed by atoms with Gasteiger partial charge in [0.25, 0.3) is 0 Å². The number of carbonyl (C=O) groups is 1. The van der Waals surface area contributed by atoms with Gasteiger partial charge in [0.2, 0.25) is 5.91 Å². The lowest BCUT2D eigenvalue weighted by atomic mass is 10.2. The van der Waals surface area contributed by atoms with Crippen LogP contribution in [-0.4, -0.2) is 48.0 Å². The largest absolute Gasteiger partial charge is 0.355 e. The van der Waals surface area contributed by atoms with E-state index in [0.717, 1.165) is 22.8 Å². The molecule has 6 heteroatoms. The van der Waals surface area contributed by atoms with E-state index in [2.05, 4.69) is 15.3 Å². The molecule has 0 fully saturated rings. The van der Waals surface area contributed by atoms with Crippen molar-refractivity contribution in [2.75, 3.05) is 27.2 Å². The molecule has 2 aromatic rings. The van der Waals surface area contributed by atoms with Gasteiger partial charge in [-0.1, -0.05) is 0 Å². The second-order valence-electron chi connectivity index (χ2n) is 5.02. The Balaban J connectivity index is 1.79. The average molecular weight is 304 g/mol. The van der Waals surface area contributed by atoms with Crippen molar-refractivity contribution in [1.29, 1.82) is 0 Å². The Hall–Kier alpha value is -1.79. The van der Waals surface area contributed by atoms with Gasteiger partial charge in [-0.05, 0) is 26.2 Å². The van der Waals surface area contributed by atoms with E-state index in [4.69, 9.17) is 0 Å². The zero-order valence-electron chi connectivity index (χ0n) is 12.4. The van der Waals surface area contributed by atoms with Crippen molar-refractivity contribution in [3.63, 3.8) is 0 Å². The first-order chi connectivity index (χ1) is 10.1. The highest BCUT2D eigenvalue weighted by Gasteiger charge is 2.07. The topological polar surface area (TPSA) is 58.1 Å². The van der Waals surface area contributed by atoms with Gasteiger partial charge in [-0.25, -0.2) is 4.98 Å². The average Bonchev–Trinajstić information content (AvgIpc) is 2.94. The third kappa shape index (κ3) is 5.24. The highest BCUT2D eigenvalue weighted by molar-refractivity contribution is 7.09. The Morgan fingerprint density at radius 2 is 2.29 bits per heavy atom. The summed E-state index contributed by atoms with van der Waals surface area (Å²) in [4.78, 5) is 22.4. The number of carbonyl (C=O) groups excluding carboxylic acids is 1. The maximum absolute atomic E-state index is 11.7. The number of aromatic nitrogens is 2. The van der Waals surface area contributed by atoms with E-state index in [0.29, 0.717) is 19.4 Å². The molecule has 0 saturated carbocycles. The van der Waals surface area contributed by atoms with E-state index in [1.54, 1.807) is 23.7 Å². The van der Waals surface area contributed by atoms with Crippen molar-refractivity contribution in [2.45, 2.75) is 12.8 Å². The number of nitrogens with one attached hydrogen (secondary N) is 1. The quantitative estimate of drug-likeness (QED) is 0.847. The van der Waals surface area contributed by atoms with Gasteiger partial charge in [-0.15, -0.1) is 11.3 Å². The van der Waals surface area contributed by atoms with E-state index >= 15 is 0 Å². The van der Waals surface area contributed by atoms with Crippen LogP contribution in [0.1, 0.15) is 11.4 Å². The fourth-order valence-corrected chi connectivity index (χ4v) is 2.61. The van der Waals surface area contributed by atoms with Crippen LogP contribution in [0.5, 0.6) is 0 Å². The molecule has 2 aromatic heterocycles. The van der Waals surface area contributed by atoms with Gasteiger partial charge in [0.15, 0.2) is 0 Å². The summed E-state index contributed by atoms with van der Waals surface area (Å²) < 4.78 is 0. The molecule has 112 valence electrons. The van der Waals surface area contributed by atoms with Gasteiger partial charge < -0.3 is 10.2 Å². The van der Waals surface area contributed by atoms with Crippen LogP contribution in [0.3, 0.4) is 0 Å². The lowest BCUT2D eigenvalue weighted by molar-refractivity contribution is -0.121. The van der Waals surface area contributed by atoms with E-state index in [1.807, 2.05) is 36.5 Å². The zero-order valence-corrected chi connectivity index (χ0v) is 13.2. The van der Waals surface area contributed by atoms with Gasteiger partial charge in [-0.2, -0.15) is 0 Å². The lowest BCUT2D eigenvalue weighted by Crippen LogP contribution is -2.31. The molecule has 5 nitrogen and oxygen atoms in total. The predicted octanol–water partition coefficient (Wildman–Crippen LogP) is 1.82. The SMILES string of the molecule is CN(C)CCNC(=O)CCc1nc(-c2cccnc2)cs1. The van der Waals surface area contributed by atoms with E-state index < -0.39 is 0 Å². The first-order valence-electron chi connectivity index (χ1n) is 6.91. The minimum atomic E-state index is 0.0787. The maximum Gasteiger partial charge on any atom is 0.220 e. The Morgan fingerprint density at radius 3 is 3.00 bits per heavy atom. The third-order valence-electron chi connectivity index (χ3n) is 2.96. The molecule has 0 radical (unpaired) electrons. The van der Waals surface area contributed by atoms with Crippen LogP contribution in [0.15, 0.2) is 29.9 Å². The Labute approximate surface area is 129 Å². The summed E-state index contributed by atoms with van der Waals surface area (Å²) >= 11 is 1.59. The molecule has 21 heavy (non-hydrogen) atoms. The molecule has 0 spiro atoms. The second kappa shape index (κ2) is 7.85. The molecule has 2 heterocycles. The zero-order chi connectivity index (χ0) is 15.1. The van der Waals surface area contributed by atoms with Crippen molar-refractivity contribution in [3.8, 4) is 11.3 Å². The summed E-state index contributed by atoms with van der Waals surface area (Å²) in [5.41, 5.74) is 1.94. The molecule has 0 atom stereocenters. The van der Waals surface area contributed by atoms with Crippen LogP contribution in [0.25, 0.3) is 11.3 Å². The Morgan fingerprint density at radius 1 is 1.43 bits per heavy atom. The van der Waals surface area contributed by atoms with Crippen LogP contribution in [-0.2, 0) is 11.2 Å². The minimum absolute atomic E-state index is 0.0787. The molecule has 0 bridgehead atoms. The fraction of sp³-hybridized carbons (Fsp3) is 0.400. The van der Waals surface area contributed by atoms with Crippen LogP contribution in [0.4, 0.5) is 0 Å². The second-order valence-corrected chi connectivity index (χ2v) is 5.96. The summed E-state index contributed by atoms with van der Waals surface area (Å²) in [7, 11) is 3.98. The summed E-state index contributed by atoms with van der Waals surface area (Å²) in [6.07, 6.45) is 4.70. The predicted molar refractivity (Wildman–Crippen MR) is 85.2 cm³/mol. The standard InChI is InChI=1S/C15H20N4OS/c1-19(2)9-8-17-14(20)5-6-15-18-13(11-21-15)12-4-3-7-16-10-12/h3-4,7,10-11H,5-6,8-9H2,1-2H3,(H,17,20). The third-order valence-corrected chi connectivity index (χ3v) is 3.86. The van der Waals surface area contributed by atoms with Gasteiger partial charge in [0, 0.05) is 49.3 Å². The smallest absolute Gasteiger partial charge is 0.220 e. The Kier molecular flexibility index (Phi) is 5.83. The number of amides is 1. The summed E-state index contributed by atoms with van der Waals surface area (Å²) in [5, 5.41) is 5.90. The maximum atomic E-state index is 11.7. The van der Waals surface area contributed by atoms with Crippen LogP contribution in [0, 0.1) is 0 Å². The Bertz CT molecular complexity index is 568. The number of nitrogens with zero attached hydrogens (tertiary/aromatic N) is 3.